The molecule has 8 heteroatoms. The highest BCUT2D eigenvalue weighted by molar-refractivity contribution is 7.33. The third kappa shape index (κ3) is 12.5. The van der Waals surface area contributed by atoms with Gasteiger partial charge in [0.15, 0.2) is 0 Å². The first-order valence-electron chi connectivity index (χ1n) is 5.79. The van der Waals surface area contributed by atoms with E-state index in [0.29, 0.717) is 26.4 Å². The number of rotatable bonds is 12. The van der Waals surface area contributed by atoms with Gasteiger partial charge < -0.3 is 18.1 Å². The van der Waals surface area contributed by atoms with Crippen molar-refractivity contribution in [1.29, 1.82) is 0 Å². The predicted molar refractivity (Wildman–Crippen MR) is 67.0 cm³/mol. The van der Waals surface area contributed by atoms with Crippen LogP contribution in [-0.2, 0) is 27.2 Å². The van der Waals surface area contributed by atoms with E-state index >= 15 is 0 Å². The van der Waals surface area contributed by atoms with E-state index in [2.05, 4.69) is 0 Å². The third-order valence-electron chi connectivity index (χ3n) is 1.75. The first kappa shape index (κ1) is 17.3. The van der Waals surface area contributed by atoms with Crippen LogP contribution in [0, 0.1) is 0 Å². The van der Waals surface area contributed by atoms with Gasteiger partial charge in [0.05, 0.1) is 26.4 Å². The van der Waals surface area contributed by atoms with Crippen molar-refractivity contribution in [3.63, 3.8) is 0 Å². The molecule has 0 aromatic heterocycles. The van der Waals surface area contributed by atoms with Crippen molar-refractivity contribution in [2.45, 2.75) is 33.1 Å². The molecule has 2 atom stereocenters. The quantitative estimate of drug-likeness (QED) is 0.406. The molecule has 2 unspecified atom stereocenters. The molecule has 0 heterocycles. The molecule has 0 N–H and O–H groups in total. The van der Waals surface area contributed by atoms with Crippen LogP contribution in [0.15, 0.2) is 0 Å². The maximum atomic E-state index is 11.0. The maximum Gasteiger partial charge on any atom is 0.319 e. The smallest absolute Gasteiger partial charge is 0.311 e. The van der Waals surface area contributed by atoms with Crippen LogP contribution in [0.4, 0.5) is 0 Å². The van der Waals surface area contributed by atoms with E-state index in [1.807, 2.05) is 0 Å². The summed E-state index contributed by atoms with van der Waals surface area (Å²) in [5, 5.41) is 0. The molecule has 104 valence electrons. The van der Waals surface area contributed by atoms with Crippen molar-refractivity contribution in [3.8, 4) is 0 Å². The van der Waals surface area contributed by atoms with Crippen molar-refractivity contribution in [2.75, 3.05) is 26.4 Å². The van der Waals surface area contributed by atoms with Gasteiger partial charge in [0.1, 0.15) is 0 Å². The Bertz CT molecular complexity index is 202. The molecule has 0 radical (unpaired) electrons. The lowest BCUT2D eigenvalue weighted by Crippen LogP contribution is -1.93. The maximum absolute atomic E-state index is 11.0. The average molecular weight is 288 g/mol. The second kappa shape index (κ2) is 12.7. The van der Waals surface area contributed by atoms with E-state index < -0.39 is 16.5 Å². The molecule has 0 amide bonds. The lowest BCUT2D eigenvalue weighted by atomic mass is 10.2. The van der Waals surface area contributed by atoms with Gasteiger partial charge >= 0.3 is 16.5 Å². The van der Waals surface area contributed by atoms with E-state index in [0.717, 1.165) is 19.3 Å². The van der Waals surface area contributed by atoms with Crippen LogP contribution in [0.5, 0.6) is 0 Å². The van der Waals surface area contributed by atoms with Crippen LogP contribution in [0.25, 0.3) is 0 Å². The molecule has 0 aliphatic rings. The molecule has 17 heavy (non-hydrogen) atoms. The Balaban J connectivity index is 3.18. The molecule has 0 spiro atoms. The van der Waals surface area contributed by atoms with Crippen molar-refractivity contribution in [3.05, 3.63) is 0 Å². The van der Waals surface area contributed by atoms with Gasteiger partial charge in [-0.2, -0.15) is 0 Å². The Labute approximate surface area is 104 Å². The van der Waals surface area contributed by atoms with Crippen LogP contribution in [0.3, 0.4) is 0 Å². The summed E-state index contributed by atoms with van der Waals surface area (Å²) in [6.07, 6.45) is 2.42. The van der Waals surface area contributed by atoms with Crippen molar-refractivity contribution in [1.82, 2.24) is 0 Å². The summed E-state index contributed by atoms with van der Waals surface area (Å²) in [4.78, 5) is 0. The van der Waals surface area contributed by atoms with Gasteiger partial charge in [-0.1, -0.05) is 0 Å². The van der Waals surface area contributed by atoms with Gasteiger partial charge in [0.2, 0.25) is 0 Å². The summed E-state index contributed by atoms with van der Waals surface area (Å²) in [5.41, 5.74) is 0. The first-order valence-corrected chi connectivity index (χ1v) is 8.24. The highest BCUT2D eigenvalue weighted by Crippen LogP contribution is 2.24. The standard InChI is InChI=1S/C9H22O6P2/c1-3-12-16(10)14-8-6-5-7-9-15-17(11)13-4-2/h16-17H,3-9H2,1-2H3. The lowest BCUT2D eigenvalue weighted by molar-refractivity contribution is 0.218. The molecule has 0 rings (SSSR count). The van der Waals surface area contributed by atoms with Crippen LogP contribution < -0.4 is 0 Å². The Morgan fingerprint density at radius 2 is 1.12 bits per heavy atom. The zero-order chi connectivity index (χ0) is 12.9. The van der Waals surface area contributed by atoms with Gasteiger partial charge in [0.25, 0.3) is 0 Å². The van der Waals surface area contributed by atoms with E-state index in [4.69, 9.17) is 18.1 Å². The number of unbranched alkanes of at least 4 members (excludes halogenated alkanes) is 2. The summed E-state index contributed by atoms with van der Waals surface area (Å²) in [6.45, 7) is 5.17. The minimum atomic E-state index is -2.30. The monoisotopic (exact) mass is 288 g/mol. The van der Waals surface area contributed by atoms with E-state index in [-0.39, 0.29) is 0 Å². The summed E-state index contributed by atoms with van der Waals surface area (Å²) in [5.74, 6) is 0. The average Bonchev–Trinajstić information content (AvgIpc) is 2.28. The second-order valence-corrected chi connectivity index (χ2v) is 5.28. The summed E-state index contributed by atoms with van der Waals surface area (Å²) in [7, 11) is -4.60. The molecule has 0 aliphatic heterocycles. The summed E-state index contributed by atoms with van der Waals surface area (Å²) < 4.78 is 41.4. The van der Waals surface area contributed by atoms with Crippen molar-refractivity contribution >= 4 is 16.5 Å². The largest absolute Gasteiger partial charge is 0.319 e. The molecule has 0 aromatic carbocycles. The molecular weight excluding hydrogens is 266 g/mol. The van der Waals surface area contributed by atoms with Crippen LogP contribution in [-0.4, -0.2) is 26.4 Å². The molecule has 6 nitrogen and oxygen atoms in total. The zero-order valence-corrected chi connectivity index (χ0v) is 12.4. The fourth-order valence-corrected chi connectivity index (χ4v) is 2.27. The number of hydrogen-bond donors (Lipinski definition) is 0. The molecule has 0 aromatic rings. The fraction of sp³-hybridized carbons (Fsp3) is 1.00. The SMILES string of the molecule is CCO[PH](=O)OCCCCCO[PH](=O)OCC. The first-order chi connectivity index (χ1) is 8.20. The molecule has 0 fully saturated rings. The van der Waals surface area contributed by atoms with Gasteiger partial charge in [-0.05, 0) is 33.1 Å². The van der Waals surface area contributed by atoms with Crippen LogP contribution in [0.2, 0.25) is 0 Å². The van der Waals surface area contributed by atoms with Gasteiger partial charge in [-0.3, -0.25) is 9.13 Å². The Hall–Kier alpha value is 0.300. The zero-order valence-electron chi connectivity index (χ0n) is 10.4. The van der Waals surface area contributed by atoms with Crippen molar-refractivity contribution < 1.29 is 27.2 Å². The van der Waals surface area contributed by atoms with Crippen molar-refractivity contribution in [2.24, 2.45) is 0 Å². The minimum absolute atomic E-state index is 0.400. The Morgan fingerprint density at radius 3 is 1.47 bits per heavy atom. The van der Waals surface area contributed by atoms with Gasteiger partial charge in [-0.25, -0.2) is 0 Å². The predicted octanol–water partition coefficient (Wildman–Crippen LogP) is 3.04. The van der Waals surface area contributed by atoms with Crippen LogP contribution in [0.1, 0.15) is 33.1 Å². The third-order valence-corrected chi connectivity index (χ3v) is 3.68. The highest BCUT2D eigenvalue weighted by atomic mass is 31.1. The van der Waals surface area contributed by atoms with Gasteiger partial charge in [0, 0.05) is 0 Å². The van der Waals surface area contributed by atoms with E-state index in [1.165, 1.54) is 0 Å². The van der Waals surface area contributed by atoms with E-state index in [9.17, 15) is 9.13 Å². The summed E-state index contributed by atoms with van der Waals surface area (Å²) >= 11 is 0. The second-order valence-electron chi connectivity index (χ2n) is 3.12. The molecule has 0 bridgehead atoms. The molecule has 0 saturated carbocycles. The lowest BCUT2D eigenvalue weighted by Gasteiger charge is -2.05. The molecular formula is C9H22O6P2. The summed E-state index contributed by atoms with van der Waals surface area (Å²) in [6, 6.07) is 0. The Kier molecular flexibility index (Phi) is 13.0. The number of hydrogen-bond acceptors (Lipinski definition) is 6. The topological polar surface area (TPSA) is 71.1 Å². The minimum Gasteiger partial charge on any atom is -0.311 e. The highest BCUT2D eigenvalue weighted by Gasteiger charge is 1.99. The fourth-order valence-electron chi connectivity index (χ4n) is 1.01. The molecule has 0 aliphatic carbocycles. The Morgan fingerprint density at radius 1 is 0.706 bits per heavy atom. The normalized spacial score (nSPS) is 14.7. The van der Waals surface area contributed by atoms with Gasteiger partial charge in [-0.15, -0.1) is 0 Å². The van der Waals surface area contributed by atoms with E-state index in [1.54, 1.807) is 13.8 Å². The van der Waals surface area contributed by atoms with Crippen LogP contribution >= 0.6 is 16.5 Å². The molecule has 0 saturated heterocycles.